The van der Waals surface area contributed by atoms with Crippen LogP contribution in [0.1, 0.15) is 25.0 Å². The van der Waals surface area contributed by atoms with Crippen molar-refractivity contribution in [3.05, 3.63) is 169 Å². The molecule has 2 aromatic heterocycles. The van der Waals surface area contributed by atoms with Crippen molar-refractivity contribution >= 4 is 65.0 Å². The average Bonchev–Trinajstić information content (AvgIpc) is 3.42. The first-order valence-electron chi connectivity index (χ1n) is 17.8. The van der Waals surface area contributed by atoms with E-state index in [-0.39, 0.29) is 5.41 Å². The van der Waals surface area contributed by atoms with Gasteiger partial charge in [0.1, 0.15) is 0 Å². The Labute approximate surface area is 295 Å². The first kappa shape index (κ1) is 28.5. The van der Waals surface area contributed by atoms with Gasteiger partial charge in [0.05, 0.1) is 22.2 Å². The third kappa shape index (κ3) is 3.93. The molecule has 0 saturated heterocycles. The highest BCUT2D eigenvalue weighted by Gasteiger charge is 2.37. The van der Waals surface area contributed by atoms with Crippen LogP contribution in [-0.2, 0) is 5.41 Å². The normalized spacial score (nSPS) is 13.5. The zero-order valence-corrected chi connectivity index (χ0v) is 28.4. The van der Waals surface area contributed by atoms with Crippen molar-refractivity contribution in [2.75, 3.05) is 0 Å². The second-order valence-corrected chi connectivity index (χ2v) is 14.5. The molecule has 0 unspecified atom stereocenters. The zero-order chi connectivity index (χ0) is 33.8. The minimum atomic E-state index is -0.162. The summed E-state index contributed by atoms with van der Waals surface area (Å²) in [6.45, 7) is 4.73. The van der Waals surface area contributed by atoms with Gasteiger partial charge in [0.2, 0.25) is 0 Å². The van der Waals surface area contributed by atoms with Gasteiger partial charge in [0.25, 0.3) is 0 Å². The van der Waals surface area contributed by atoms with Crippen molar-refractivity contribution in [3.8, 4) is 33.5 Å². The van der Waals surface area contributed by atoms with Crippen molar-refractivity contribution in [2.45, 2.75) is 19.3 Å². The van der Waals surface area contributed by atoms with Crippen LogP contribution in [0.2, 0.25) is 0 Å². The fourth-order valence-electron chi connectivity index (χ4n) is 9.05. The number of pyridine rings is 2. The van der Waals surface area contributed by atoms with Gasteiger partial charge in [-0.05, 0) is 50.0 Å². The SMILES string of the molecule is CC1(C)c2ccccc2-c2ccc3c(c(-c4ccc(-c5c6ccc7ccccc7c6nc6c5ccc5ccccc56)cc4)nc4ccccc43)c21. The van der Waals surface area contributed by atoms with Crippen LogP contribution in [0.4, 0.5) is 0 Å². The second kappa shape index (κ2) is 10.3. The Hall–Kier alpha value is -6.38. The van der Waals surface area contributed by atoms with Gasteiger partial charge in [0, 0.05) is 48.9 Å². The third-order valence-electron chi connectivity index (χ3n) is 11.4. The first-order valence-corrected chi connectivity index (χ1v) is 17.8. The molecule has 238 valence electrons. The number of fused-ring (bicyclic) bond motifs is 13. The van der Waals surface area contributed by atoms with Crippen LogP contribution in [0, 0.1) is 0 Å². The molecule has 0 fully saturated rings. The van der Waals surface area contributed by atoms with Crippen molar-refractivity contribution in [1.29, 1.82) is 0 Å². The Balaban J connectivity index is 1.19. The molecule has 11 rings (SSSR count). The molecule has 0 bridgehead atoms. The summed E-state index contributed by atoms with van der Waals surface area (Å²) >= 11 is 0. The summed E-state index contributed by atoms with van der Waals surface area (Å²) in [5.41, 5.74) is 12.8. The summed E-state index contributed by atoms with van der Waals surface area (Å²) in [6, 6.07) is 57.4. The molecule has 2 heteroatoms. The molecule has 2 heterocycles. The molecule has 1 aliphatic rings. The topological polar surface area (TPSA) is 25.8 Å². The quantitative estimate of drug-likeness (QED) is 0.138. The Kier molecular flexibility index (Phi) is 5.76. The van der Waals surface area contributed by atoms with E-state index in [1.165, 1.54) is 71.1 Å². The van der Waals surface area contributed by atoms with Gasteiger partial charge in [-0.3, -0.25) is 0 Å². The largest absolute Gasteiger partial charge is 0.247 e. The van der Waals surface area contributed by atoms with Crippen molar-refractivity contribution in [3.63, 3.8) is 0 Å². The van der Waals surface area contributed by atoms with Crippen LogP contribution in [0.15, 0.2) is 158 Å². The minimum Gasteiger partial charge on any atom is -0.247 e. The number of nitrogens with zero attached hydrogens (tertiary/aromatic N) is 2. The van der Waals surface area contributed by atoms with Crippen LogP contribution in [0.5, 0.6) is 0 Å². The maximum Gasteiger partial charge on any atom is 0.0794 e. The summed E-state index contributed by atoms with van der Waals surface area (Å²) in [5, 5.41) is 10.8. The number of hydrogen-bond acceptors (Lipinski definition) is 2. The molecular formula is C49H32N2. The highest BCUT2D eigenvalue weighted by atomic mass is 14.7. The Morgan fingerprint density at radius 3 is 1.69 bits per heavy atom. The number of aromatic nitrogens is 2. The van der Waals surface area contributed by atoms with Crippen LogP contribution < -0.4 is 0 Å². The Morgan fingerprint density at radius 2 is 0.980 bits per heavy atom. The maximum absolute atomic E-state index is 5.44. The van der Waals surface area contributed by atoms with E-state index < -0.39 is 0 Å². The second-order valence-electron chi connectivity index (χ2n) is 14.5. The predicted molar refractivity (Wildman–Crippen MR) is 216 cm³/mol. The van der Waals surface area contributed by atoms with Gasteiger partial charge >= 0.3 is 0 Å². The molecule has 0 amide bonds. The highest BCUT2D eigenvalue weighted by molar-refractivity contribution is 6.21. The van der Waals surface area contributed by atoms with Crippen LogP contribution >= 0.6 is 0 Å². The average molecular weight is 649 g/mol. The van der Waals surface area contributed by atoms with E-state index in [0.717, 1.165) is 38.6 Å². The molecule has 0 aliphatic heterocycles. The van der Waals surface area contributed by atoms with E-state index in [9.17, 15) is 0 Å². The number of hydrogen-bond donors (Lipinski definition) is 0. The molecule has 0 spiro atoms. The van der Waals surface area contributed by atoms with E-state index in [1.54, 1.807) is 0 Å². The molecule has 0 N–H and O–H groups in total. The smallest absolute Gasteiger partial charge is 0.0794 e. The maximum atomic E-state index is 5.44. The first-order chi connectivity index (χ1) is 25.1. The summed E-state index contributed by atoms with van der Waals surface area (Å²) in [5.74, 6) is 0. The zero-order valence-electron chi connectivity index (χ0n) is 28.4. The van der Waals surface area contributed by atoms with Gasteiger partial charge < -0.3 is 0 Å². The molecule has 0 radical (unpaired) electrons. The lowest BCUT2D eigenvalue weighted by molar-refractivity contribution is 0.666. The van der Waals surface area contributed by atoms with Crippen LogP contribution in [0.3, 0.4) is 0 Å². The fourth-order valence-corrected chi connectivity index (χ4v) is 9.05. The van der Waals surface area contributed by atoms with E-state index in [2.05, 4.69) is 172 Å². The summed E-state index contributed by atoms with van der Waals surface area (Å²) in [7, 11) is 0. The van der Waals surface area contributed by atoms with E-state index in [4.69, 9.17) is 9.97 Å². The Bertz CT molecular complexity index is 3000. The minimum absolute atomic E-state index is 0.162. The van der Waals surface area contributed by atoms with Crippen molar-refractivity contribution in [1.82, 2.24) is 9.97 Å². The van der Waals surface area contributed by atoms with Gasteiger partial charge in [0.15, 0.2) is 0 Å². The molecule has 1 aliphatic carbocycles. The van der Waals surface area contributed by atoms with E-state index >= 15 is 0 Å². The van der Waals surface area contributed by atoms with E-state index in [0.29, 0.717) is 0 Å². The third-order valence-corrected chi connectivity index (χ3v) is 11.4. The lowest BCUT2D eigenvalue weighted by Crippen LogP contribution is -2.16. The summed E-state index contributed by atoms with van der Waals surface area (Å²) in [4.78, 5) is 10.8. The molecule has 51 heavy (non-hydrogen) atoms. The molecule has 0 saturated carbocycles. The van der Waals surface area contributed by atoms with Crippen molar-refractivity contribution in [2.24, 2.45) is 0 Å². The molecular weight excluding hydrogens is 617 g/mol. The molecule has 8 aromatic carbocycles. The molecule has 0 atom stereocenters. The monoisotopic (exact) mass is 648 g/mol. The number of rotatable bonds is 2. The van der Waals surface area contributed by atoms with Crippen LogP contribution in [-0.4, -0.2) is 9.97 Å². The van der Waals surface area contributed by atoms with Gasteiger partial charge in [-0.1, -0.05) is 166 Å². The fraction of sp³-hybridized carbons (Fsp3) is 0.0612. The van der Waals surface area contributed by atoms with Gasteiger partial charge in [-0.25, -0.2) is 9.97 Å². The Morgan fingerprint density at radius 1 is 0.412 bits per heavy atom. The van der Waals surface area contributed by atoms with Gasteiger partial charge in [-0.15, -0.1) is 0 Å². The van der Waals surface area contributed by atoms with Crippen molar-refractivity contribution < 1.29 is 0 Å². The summed E-state index contributed by atoms with van der Waals surface area (Å²) in [6.07, 6.45) is 0. The molecule has 10 aromatic rings. The standard InChI is InChI=1S/C49H32N2/c1-49(2)41-17-9-7-15-35(41)38-28-27-37-36-16-8-10-18-42(36)50-46(44(37)45(38)49)32-21-19-31(20-22-32)43-39-25-23-29-11-3-5-13-33(29)47(39)51-48-34-14-6-4-12-30(34)24-26-40(43)48/h3-28H,1-2H3. The highest BCUT2D eigenvalue weighted by Crippen LogP contribution is 2.53. The van der Waals surface area contributed by atoms with E-state index in [1.807, 2.05) is 0 Å². The predicted octanol–water partition coefficient (Wildman–Crippen LogP) is 13.0. The molecule has 2 nitrogen and oxygen atoms in total. The number of benzene rings is 8. The van der Waals surface area contributed by atoms with Crippen LogP contribution in [0.25, 0.3) is 98.5 Å². The summed E-state index contributed by atoms with van der Waals surface area (Å²) < 4.78 is 0. The lowest BCUT2D eigenvalue weighted by atomic mass is 9.79. The lowest BCUT2D eigenvalue weighted by Gasteiger charge is -2.25. The number of para-hydroxylation sites is 1. The van der Waals surface area contributed by atoms with Gasteiger partial charge in [-0.2, -0.15) is 0 Å².